The lowest BCUT2D eigenvalue weighted by Crippen LogP contribution is -2.45. The van der Waals surface area contributed by atoms with E-state index in [0.717, 1.165) is 48.5 Å². The fourth-order valence-corrected chi connectivity index (χ4v) is 4.28. The summed E-state index contributed by atoms with van der Waals surface area (Å²) in [6.45, 7) is 0.817. The molecule has 0 N–H and O–H groups in total. The van der Waals surface area contributed by atoms with Crippen LogP contribution in [0.4, 0.5) is 0 Å². The van der Waals surface area contributed by atoms with Gasteiger partial charge in [0.2, 0.25) is 6.23 Å². The molecule has 2 aromatic heterocycles. The number of benzene rings is 1. The highest BCUT2D eigenvalue weighted by Crippen LogP contribution is 2.35. The lowest BCUT2D eigenvalue weighted by molar-refractivity contribution is -0.125. The summed E-state index contributed by atoms with van der Waals surface area (Å²) in [4.78, 5) is 23.2. The van der Waals surface area contributed by atoms with Crippen LogP contribution < -0.4 is 4.74 Å². The van der Waals surface area contributed by atoms with Gasteiger partial charge in [-0.3, -0.25) is 14.7 Å². The van der Waals surface area contributed by atoms with Gasteiger partial charge in [-0.25, -0.2) is 4.98 Å². The van der Waals surface area contributed by atoms with Gasteiger partial charge in [-0.1, -0.05) is 30.7 Å². The molecule has 0 bridgehead atoms. The lowest BCUT2D eigenvalue weighted by Gasteiger charge is -2.37. The van der Waals surface area contributed by atoms with E-state index in [1.165, 1.54) is 0 Å². The van der Waals surface area contributed by atoms with Crippen molar-refractivity contribution in [1.82, 2.24) is 14.9 Å². The third-order valence-corrected chi connectivity index (χ3v) is 5.62. The van der Waals surface area contributed by atoms with Gasteiger partial charge in [0.05, 0.1) is 17.4 Å². The van der Waals surface area contributed by atoms with Crippen molar-refractivity contribution in [2.24, 2.45) is 0 Å². The first kappa shape index (κ1) is 17.8. The number of carbonyl (C=O) groups excluding carboxylic acids is 1. The van der Waals surface area contributed by atoms with Crippen molar-refractivity contribution in [3.63, 3.8) is 0 Å². The highest BCUT2D eigenvalue weighted by Gasteiger charge is 2.32. The number of aromatic nitrogens is 2. The largest absolute Gasteiger partial charge is 0.468 e. The number of thiazole rings is 1. The fraction of sp³-hybridized carbons (Fsp3) is 0.286. The minimum absolute atomic E-state index is 0.0753. The molecule has 0 spiro atoms. The summed E-state index contributed by atoms with van der Waals surface area (Å²) in [5, 5.41) is 2.99. The quantitative estimate of drug-likeness (QED) is 0.597. The molecule has 2 atom stereocenters. The molecule has 1 saturated heterocycles. The first-order valence-corrected chi connectivity index (χ1v) is 10.0. The van der Waals surface area contributed by atoms with Crippen molar-refractivity contribution in [3.8, 4) is 16.5 Å². The topological polar surface area (TPSA) is 55.3 Å². The second-order valence-corrected chi connectivity index (χ2v) is 7.36. The van der Waals surface area contributed by atoms with Crippen LogP contribution in [0.2, 0.25) is 0 Å². The second-order valence-electron chi connectivity index (χ2n) is 6.50. The summed E-state index contributed by atoms with van der Waals surface area (Å²) in [6.07, 6.45) is 5.19. The van der Waals surface area contributed by atoms with Crippen LogP contribution in [-0.2, 0) is 4.79 Å². The molecule has 0 saturated carbocycles. The Balaban J connectivity index is 1.57. The molecule has 27 heavy (non-hydrogen) atoms. The van der Waals surface area contributed by atoms with E-state index in [9.17, 15) is 4.79 Å². The Labute approximate surface area is 162 Å². The summed E-state index contributed by atoms with van der Waals surface area (Å²) < 4.78 is 5.97. The van der Waals surface area contributed by atoms with Crippen molar-refractivity contribution in [1.29, 1.82) is 0 Å². The SMILES string of the molecule is O=CC(Oc1ccccc1)N1CCCC[C@@H]1c1csc(-c2ccccn2)n1. The smallest absolute Gasteiger partial charge is 0.209 e. The van der Waals surface area contributed by atoms with E-state index >= 15 is 0 Å². The second kappa shape index (κ2) is 8.41. The summed E-state index contributed by atoms with van der Waals surface area (Å²) >= 11 is 1.59. The van der Waals surface area contributed by atoms with E-state index in [4.69, 9.17) is 9.72 Å². The molecule has 3 heterocycles. The number of para-hydroxylation sites is 1. The van der Waals surface area contributed by atoms with E-state index in [0.29, 0.717) is 5.75 Å². The molecule has 4 rings (SSSR count). The molecular formula is C21H21N3O2S. The summed E-state index contributed by atoms with van der Waals surface area (Å²) in [5.74, 6) is 0.700. The number of aldehydes is 1. The van der Waals surface area contributed by atoms with Gasteiger partial charge in [-0.05, 0) is 37.1 Å². The van der Waals surface area contributed by atoms with E-state index in [-0.39, 0.29) is 6.04 Å². The Kier molecular flexibility index (Phi) is 5.55. The van der Waals surface area contributed by atoms with Gasteiger partial charge < -0.3 is 4.74 Å². The molecule has 0 amide bonds. The number of pyridine rings is 1. The average molecular weight is 379 g/mol. The van der Waals surface area contributed by atoms with Gasteiger partial charge >= 0.3 is 0 Å². The molecule has 1 aliphatic rings. The third-order valence-electron chi connectivity index (χ3n) is 4.73. The van der Waals surface area contributed by atoms with Crippen molar-refractivity contribution < 1.29 is 9.53 Å². The molecular weight excluding hydrogens is 358 g/mol. The maximum absolute atomic E-state index is 11.8. The fourth-order valence-electron chi connectivity index (χ4n) is 3.43. The average Bonchev–Trinajstić information content (AvgIpc) is 3.24. The number of ether oxygens (including phenoxy) is 1. The number of hydrogen-bond donors (Lipinski definition) is 0. The minimum atomic E-state index is -0.613. The Morgan fingerprint density at radius 1 is 1.15 bits per heavy atom. The first-order valence-electron chi connectivity index (χ1n) is 9.15. The number of likely N-dealkylation sites (tertiary alicyclic amines) is 1. The molecule has 138 valence electrons. The van der Waals surface area contributed by atoms with Crippen LogP contribution in [0.5, 0.6) is 5.75 Å². The number of piperidine rings is 1. The summed E-state index contributed by atoms with van der Waals surface area (Å²) in [7, 11) is 0. The van der Waals surface area contributed by atoms with Gasteiger partial charge in [-0.2, -0.15) is 0 Å². The molecule has 0 radical (unpaired) electrons. The van der Waals surface area contributed by atoms with Gasteiger partial charge in [-0.15, -0.1) is 11.3 Å². The van der Waals surface area contributed by atoms with Crippen molar-refractivity contribution in [3.05, 3.63) is 65.8 Å². The molecule has 3 aromatic rings. The Morgan fingerprint density at radius 3 is 2.78 bits per heavy atom. The maximum Gasteiger partial charge on any atom is 0.209 e. The van der Waals surface area contributed by atoms with Crippen molar-refractivity contribution >= 4 is 17.6 Å². The number of hydrogen-bond acceptors (Lipinski definition) is 6. The Bertz CT molecular complexity index is 869. The van der Waals surface area contributed by atoms with Crippen molar-refractivity contribution in [2.75, 3.05) is 6.54 Å². The molecule has 1 fully saturated rings. The standard InChI is InChI=1S/C21H21N3O2S/c25-14-20(26-16-8-2-1-3-9-16)24-13-7-5-11-19(24)18-15-27-21(23-18)17-10-4-6-12-22-17/h1-4,6,8-10,12,14-15,19-20H,5,7,11,13H2/t19-,20?/m1/s1. The zero-order chi connectivity index (χ0) is 18.5. The highest BCUT2D eigenvalue weighted by atomic mass is 32.1. The van der Waals surface area contributed by atoms with Gasteiger partial charge in [0.15, 0.2) is 6.29 Å². The zero-order valence-corrected chi connectivity index (χ0v) is 15.7. The normalized spacial score (nSPS) is 18.7. The van der Waals surface area contributed by atoms with E-state index in [1.54, 1.807) is 17.5 Å². The highest BCUT2D eigenvalue weighted by molar-refractivity contribution is 7.13. The van der Waals surface area contributed by atoms with Crippen LogP contribution >= 0.6 is 11.3 Å². The number of nitrogens with zero attached hydrogens (tertiary/aromatic N) is 3. The van der Waals surface area contributed by atoms with E-state index in [1.807, 2.05) is 48.5 Å². The van der Waals surface area contributed by atoms with Gasteiger partial charge in [0.25, 0.3) is 0 Å². The molecule has 0 aliphatic carbocycles. The predicted octanol–water partition coefficient (Wildman–Crippen LogP) is 4.34. The monoisotopic (exact) mass is 379 g/mol. The van der Waals surface area contributed by atoms with Crippen molar-refractivity contribution in [2.45, 2.75) is 31.5 Å². The third kappa shape index (κ3) is 4.07. The van der Waals surface area contributed by atoms with E-state index in [2.05, 4.69) is 15.3 Å². The van der Waals surface area contributed by atoms with E-state index < -0.39 is 6.23 Å². The molecule has 1 unspecified atom stereocenters. The zero-order valence-electron chi connectivity index (χ0n) is 14.9. The van der Waals surface area contributed by atoms with Gasteiger partial charge in [0, 0.05) is 18.1 Å². The minimum Gasteiger partial charge on any atom is -0.468 e. The summed E-state index contributed by atoms with van der Waals surface area (Å²) in [6, 6.07) is 15.4. The van der Waals surface area contributed by atoms with Gasteiger partial charge in [0.1, 0.15) is 10.8 Å². The molecule has 1 aliphatic heterocycles. The summed E-state index contributed by atoms with van der Waals surface area (Å²) in [5.41, 5.74) is 1.87. The maximum atomic E-state index is 11.8. The van der Waals surface area contributed by atoms with Crippen LogP contribution in [0.25, 0.3) is 10.7 Å². The number of carbonyl (C=O) groups is 1. The van der Waals surface area contributed by atoms with Crippen LogP contribution in [-0.4, -0.2) is 33.9 Å². The van der Waals surface area contributed by atoms with Crippen LogP contribution in [0.1, 0.15) is 31.0 Å². The van der Waals surface area contributed by atoms with Crippen LogP contribution in [0.15, 0.2) is 60.1 Å². The molecule has 1 aromatic carbocycles. The van der Waals surface area contributed by atoms with Crippen LogP contribution in [0.3, 0.4) is 0 Å². The Morgan fingerprint density at radius 2 is 2.00 bits per heavy atom. The molecule has 5 nitrogen and oxygen atoms in total. The predicted molar refractivity (Wildman–Crippen MR) is 106 cm³/mol. The molecule has 6 heteroatoms. The lowest BCUT2D eigenvalue weighted by atomic mass is 9.99. The first-order chi connectivity index (χ1) is 13.3. The van der Waals surface area contributed by atoms with Crippen LogP contribution in [0, 0.1) is 0 Å². The number of rotatable bonds is 6. The Hall–Kier alpha value is -2.57.